The highest BCUT2D eigenvalue weighted by Crippen LogP contribution is 2.35. The molecule has 7 nitrogen and oxygen atoms in total. The highest BCUT2D eigenvalue weighted by Gasteiger charge is 2.30. The Morgan fingerprint density at radius 2 is 1.77 bits per heavy atom. The molecule has 0 saturated heterocycles. The van der Waals surface area contributed by atoms with Gasteiger partial charge in [-0.15, -0.1) is 0 Å². The molecule has 0 atom stereocenters. The quantitative estimate of drug-likeness (QED) is 0.739. The van der Waals surface area contributed by atoms with Gasteiger partial charge >= 0.3 is 0 Å². The third kappa shape index (κ3) is 3.12. The predicted octanol–water partition coefficient (Wildman–Crippen LogP) is 3.36. The van der Waals surface area contributed by atoms with E-state index in [-0.39, 0.29) is 10.8 Å². The van der Waals surface area contributed by atoms with Crippen molar-refractivity contribution in [2.24, 2.45) is 7.05 Å². The Kier molecular flexibility index (Phi) is 4.62. The molecule has 138 valence electrons. The molecule has 3 rings (SSSR count). The molecule has 1 aromatic carbocycles. The van der Waals surface area contributed by atoms with Crippen LogP contribution in [0.3, 0.4) is 0 Å². The lowest BCUT2D eigenvalue weighted by Crippen LogP contribution is -2.14. The standard InChI is InChI=1S/C18H22N4O3S/c1-6-15-19-18(25-20-15)16-12(3)22(5)13(4)17(16)26(23,24)21-14-9-7-11(2)8-10-14/h7-10,21H,6H2,1-5H3. The summed E-state index contributed by atoms with van der Waals surface area (Å²) < 4.78 is 36.0. The Morgan fingerprint density at radius 3 is 2.35 bits per heavy atom. The molecule has 3 aromatic rings. The summed E-state index contributed by atoms with van der Waals surface area (Å²) in [6, 6.07) is 7.18. The Morgan fingerprint density at radius 1 is 1.12 bits per heavy atom. The lowest BCUT2D eigenvalue weighted by Gasteiger charge is -2.09. The number of benzene rings is 1. The maximum Gasteiger partial charge on any atom is 0.264 e. The zero-order chi connectivity index (χ0) is 19.1. The summed E-state index contributed by atoms with van der Waals surface area (Å²) in [7, 11) is -2.02. The first kappa shape index (κ1) is 18.2. The maximum atomic E-state index is 13.1. The summed E-state index contributed by atoms with van der Waals surface area (Å²) in [6.45, 7) is 7.46. The number of aryl methyl sites for hydroxylation is 2. The Balaban J connectivity index is 2.14. The molecule has 1 N–H and O–H groups in total. The van der Waals surface area contributed by atoms with E-state index >= 15 is 0 Å². The minimum Gasteiger partial charge on any atom is -0.350 e. The number of nitrogens with zero attached hydrogens (tertiary/aromatic N) is 3. The van der Waals surface area contributed by atoms with Crippen LogP contribution in [0.15, 0.2) is 33.7 Å². The second-order valence-corrected chi connectivity index (χ2v) is 7.89. The monoisotopic (exact) mass is 374 g/mol. The van der Waals surface area contributed by atoms with E-state index in [0.29, 0.717) is 29.2 Å². The van der Waals surface area contributed by atoms with Crippen LogP contribution in [0, 0.1) is 20.8 Å². The number of rotatable bonds is 5. The minimum absolute atomic E-state index is 0.157. The minimum atomic E-state index is -3.83. The molecule has 0 fully saturated rings. The number of anilines is 1. The van der Waals surface area contributed by atoms with Crippen LogP contribution in [0.2, 0.25) is 0 Å². The molecular weight excluding hydrogens is 352 g/mol. The van der Waals surface area contributed by atoms with Crippen LogP contribution in [0.1, 0.15) is 29.7 Å². The summed E-state index contributed by atoms with van der Waals surface area (Å²) in [6.07, 6.45) is 0.609. The van der Waals surface area contributed by atoms with Gasteiger partial charge in [-0.05, 0) is 32.9 Å². The fourth-order valence-corrected chi connectivity index (χ4v) is 4.40. The number of hydrogen-bond acceptors (Lipinski definition) is 5. The van der Waals surface area contributed by atoms with E-state index in [1.165, 1.54) is 0 Å². The Bertz CT molecular complexity index is 1050. The van der Waals surface area contributed by atoms with Gasteiger partial charge in [-0.25, -0.2) is 8.42 Å². The summed E-state index contributed by atoms with van der Waals surface area (Å²) >= 11 is 0. The van der Waals surface area contributed by atoms with Gasteiger partial charge in [0, 0.05) is 30.5 Å². The molecule has 2 aromatic heterocycles. The molecule has 0 bridgehead atoms. The second-order valence-electron chi connectivity index (χ2n) is 6.27. The summed E-state index contributed by atoms with van der Waals surface area (Å²) in [5.41, 5.74) is 3.35. The van der Waals surface area contributed by atoms with Crippen molar-refractivity contribution in [2.75, 3.05) is 4.72 Å². The molecule has 8 heteroatoms. The topological polar surface area (TPSA) is 90.0 Å². The van der Waals surface area contributed by atoms with Gasteiger partial charge in [0.1, 0.15) is 4.90 Å². The van der Waals surface area contributed by atoms with E-state index in [1.54, 1.807) is 19.1 Å². The van der Waals surface area contributed by atoms with E-state index in [0.717, 1.165) is 11.3 Å². The average Bonchev–Trinajstić information content (AvgIpc) is 3.15. The van der Waals surface area contributed by atoms with Crippen LogP contribution in [-0.4, -0.2) is 23.1 Å². The smallest absolute Gasteiger partial charge is 0.264 e. The van der Waals surface area contributed by atoms with E-state index in [2.05, 4.69) is 14.9 Å². The van der Waals surface area contributed by atoms with Gasteiger partial charge in [0.25, 0.3) is 15.9 Å². The summed E-state index contributed by atoms with van der Waals surface area (Å²) in [5, 5.41) is 3.90. The van der Waals surface area contributed by atoms with Crippen LogP contribution in [-0.2, 0) is 23.5 Å². The largest absolute Gasteiger partial charge is 0.350 e. The van der Waals surface area contributed by atoms with Gasteiger partial charge in [-0.3, -0.25) is 4.72 Å². The lowest BCUT2D eigenvalue weighted by atomic mass is 10.2. The van der Waals surface area contributed by atoms with Gasteiger partial charge < -0.3 is 9.09 Å². The third-order valence-corrected chi connectivity index (χ3v) is 6.04. The third-order valence-electron chi connectivity index (χ3n) is 4.49. The van der Waals surface area contributed by atoms with Crippen molar-refractivity contribution in [2.45, 2.75) is 39.0 Å². The summed E-state index contributed by atoms with van der Waals surface area (Å²) in [5.74, 6) is 0.753. The number of aromatic nitrogens is 3. The van der Waals surface area contributed by atoms with Crippen molar-refractivity contribution in [3.8, 4) is 11.5 Å². The number of hydrogen-bond donors (Lipinski definition) is 1. The van der Waals surface area contributed by atoms with E-state index in [4.69, 9.17) is 4.52 Å². The lowest BCUT2D eigenvalue weighted by molar-refractivity contribution is 0.422. The molecule has 0 spiro atoms. The van der Waals surface area contributed by atoms with E-state index in [1.807, 2.05) is 44.5 Å². The van der Waals surface area contributed by atoms with Gasteiger partial charge in [-0.1, -0.05) is 29.8 Å². The number of sulfonamides is 1. The molecule has 0 aliphatic rings. The van der Waals surface area contributed by atoms with Crippen molar-refractivity contribution in [1.82, 2.24) is 14.7 Å². The zero-order valence-electron chi connectivity index (χ0n) is 15.5. The molecule has 0 aliphatic carbocycles. The van der Waals surface area contributed by atoms with Gasteiger partial charge in [0.15, 0.2) is 5.82 Å². The second kappa shape index (κ2) is 6.60. The van der Waals surface area contributed by atoms with Crippen molar-refractivity contribution in [1.29, 1.82) is 0 Å². The molecule has 26 heavy (non-hydrogen) atoms. The van der Waals surface area contributed by atoms with Gasteiger partial charge in [0.05, 0.1) is 5.56 Å². The fourth-order valence-electron chi connectivity index (χ4n) is 2.82. The first-order chi connectivity index (χ1) is 12.2. The highest BCUT2D eigenvalue weighted by molar-refractivity contribution is 7.93. The van der Waals surface area contributed by atoms with Crippen LogP contribution >= 0.6 is 0 Å². The normalized spacial score (nSPS) is 11.7. The fraction of sp³-hybridized carbons (Fsp3) is 0.333. The van der Waals surface area contributed by atoms with Gasteiger partial charge in [0.2, 0.25) is 0 Å². The number of nitrogens with one attached hydrogen (secondary N) is 1. The SMILES string of the molecule is CCc1noc(-c2c(S(=O)(=O)Nc3ccc(C)cc3)c(C)n(C)c2C)n1. The maximum absolute atomic E-state index is 13.1. The molecule has 0 radical (unpaired) electrons. The highest BCUT2D eigenvalue weighted by atomic mass is 32.2. The molecule has 0 aliphatic heterocycles. The van der Waals surface area contributed by atoms with E-state index in [9.17, 15) is 8.42 Å². The first-order valence-electron chi connectivity index (χ1n) is 8.33. The first-order valence-corrected chi connectivity index (χ1v) is 9.81. The van der Waals surface area contributed by atoms with E-state index < -0.39 is 10.0 Å². The summed E-state index contributed by atoms with van der Waals surface area (Å²) in [4.78, 5) is 4.48. The van der Waals surface area contributed by atoms with Gasteiger partial charge in [-0.2, -0.15) is 4.98 Å². The van der Waals surface area contributed by atoms with Crippen LogP contribution in [0.5, 0.6) is 0 Å². The molecule has 0 unspecified atom stereocenters. The van der Waals surface area contributed by atoms with Crippen LogP contribution in [0.4, 0.5) is 5.69 Å². The molecule has 0 amide bonds. The Labute approximate surface area is 153 Å². The molecular formula is C18H22N4O3S. The van der Waals surface area contributed by atoms with Crippen LogP contribution < -0.4 is 4.72 Å². The predicted molar refractivity (Wildman–Crippen MR) is 99.5 cm³/mol. The van der Waals surface area contributed by atoms with Crippen molar-refractivity contribution in [3.63, 3.8) is 0 Å². The zero-order valence-corrected chi connectivity index (χ0v) is 16.3. The van der Waals surface area contributed by atoms with Crippen LogP contribution in [0.25, 0.3) is 11.5 Å². The Hall–Kier alpha value is -2.61. The average molecular weight is 374 g/mol. The molecule has 2 heterocycles. The molecule has 0 saturated carbocycles. The van der Waals surface area contributed by atoms with Crippen molar-refractivity contribution < 1.29 is 12.9 Å². The van der Waals surface area contributed by atoms with Crippen molar-refractivity contribution >= 4 is 15.7 Å². The van der Waals surface area contributed by atoms with Crippen molar-refractivity contribution in [3.05, 3.63) is 47.0 Å².